The third-order valence-corrected chi connectivity index (χ3v) is 8.96. The first kappa shape index (κ1) is 17.7. The second kappa shape index (κ2) is 5.83. The van der Waals surface area contributed by atoms with Gasteiger partial charge in [-0.05, 0) is 84.8 Å². The summed E-state index contributed by atoms with van der Waals surface area (Å²) in [5.41, 5.74) is 4.41. The van der Waals surface area contributed by atoms with Gasteiger partial charge in [-0.2, -0.15) is 0 Å². The molecule has 2 nitrogen and oxygen atoms in total. The fourth-order valence-corrected chi connectivity index (χ4v) is 7.23. The SMILES string of the molecule is [B]C12CC=C(c3cccnc3)[C@@]1(C)CC[C@H]1[C@H]2CC=C2C[C@@H](O)CC[C@@]21C. The summed E-state index contributed by atoms with van der Waals surface area (Å²) in [6, 6.07) is 4.22. The molecule has 2 saturated carbocycles. The summed E-state index contributed by atoms with van der Waals surface area (Å²) in [6.07, 6.45) is 15.9. The van der Waals surface area contributed by atoms with Crippen LogP contribution in [-0.2, 0) is 0 Å². The molecule has 4 aliphatic carbocycles. The van der Waals surface area contributed by atoms with Gasteiger partial charge in [0.05, 0.1) is 14.0 Å². The first-order valence-corrected chi connectivity index (χ1v) is 10.7. The number of aliphatic hydroxyl groups excluding tert-OH is 1. The maximum atomic E-state index is 10.2. The molecule has 27 heavy (non-hydrogen) atoms. The zero-order valence-electron chi connectivity index (χ0n) is 16.6. The van der Waals surface area contributed by atoms with Crippen molar-refractivity contribution in [1.82, 2.24) is 4.98 Å². The average Bonchev–Trinajstić information content (AvgIpc) is 2.94. The smallest absolute Gasteiger partial charge is 0.0766 e. The number of rotatable bonds is 1. The third-order valence-electron chi connectivity index (χ3n) is 8.96. The van der Waals surface area contributed by atoms with Crippen molar-refractivity contribution in [3.05, 3.63) is 47.8 Å². The Hall–Kier alpha value is -1.35. The minimum atomic E-state index is -0.178. The molecule has 4 aliphatic rings. The lowest BCUT2D eigenvalue weighted by molar-refractivity contribution is -0.0154. The molecule has 2 radical (unpaired) electrons. The molecule has 140 valence electrons. The summed E-state index contributed by atoms with van der Waals surface area (Å²) >= 11 is 0. The van der Waals surface area contributed by atoms with Gasteiger partial charge in [0, 0.05) is 12.4 Å². The zero-order chi connectivity index (χ0) is 18.9. The fraction of sp³-hybridized carbons (Fsp3) is 0.625. The van der Waals surface area contributed by atoms with Crippen molar-refractivity contribution >= 4 is 13.4 Å². The summed E-state index contributed by atoms with van der Waals surface area (Å²) in [5.74, 6) is 1.16. The van der Waals surface area contributed by atoms with Crippen molar-refractivity contribution in [3.63, 3.8) is 0 Å². The Morgan fingerprint density at radius 3 is 2.78 bits per heavy atom. The van der Waals surface area contributed by atoms with E-state index in [1.807, 2.05) is 18.5 Å². The molecular weight excluding hydrogens is 329 g/mol. The number of fused-ring (bicyclic) bond motifs is 5. The van der Waals surface area contributed by atoms with Crippen molar-refractivity contribution in [2.24, 2.45) is 22.7 Å². The van der Waals surface area contributed by atoms with Crippen LogP contribution in [0.4, 0.5) is 0 Å². The van der Waals surface area contributed by atoms with Gasteiger partial charge in [-0.1, -0.05) is 43.0 Å². The van der Waals surface area contributed by atoms with Crippen molar-refractivity contribution in [1.29, 1.82) is 0 Å². The van der Waals surface area contributed by atoms with Gasteiger partial charge in [-0.3, -0.25) is 4.98 Å². The minimum Gasteiger partial charge on any atom is -0.393 e. The second-order valence-electron chi connectivity index (χ2n) is 9.97. The Morgan fingerprint density at radius 2 is 2.00 bits per heavy atom. The largest absolute Gasteiger partial charge is 0.393 e. The molecule has 3 heteroatoms. The lowest BCUT2D eigenvalue weighted by Crippen LogP contribution is -2.52. The van der Waals surface area contributed by atoms with Crippen LogP contribution in [0, 0.1) is 22.7 Å². The van der Waals surface area contributed by atoms with Crippen LogP contribution in [0.1, 0.15) is 64.4 Å². The molecule has 6 atom stereocenters. The molecule has 5 rings (SSSR count). The summed E-state index contributed by atoms with van der Waals surface area (Å²) in [4.78, 5) is 4.36. The number of hydrogen-bond donors (Lipinski definition) is 1. The second-order valence-corrected chi connectivity index (χ2v) is 9.97. The monoisotopic (exact) mass is 359 g/mol. The highest BCUT2D eigenvalue weighted by Gasteiger charge is 2.61. The molecule has 0 aliphatic heterocycles. The van der Waals surface area contributed by atoms with E-state index in [4.69, 9.17) is 7.85 Å². The van der Waals surface area contributed by atoms with Crippen LogP contribution in [0.2, 0.25) is 5.31 Å². The van der Waals surface area contributed by atoms with Crippen LogP contribution in [0.5, 0.6) is 0 Å². The predicted octanol–water partition coefficient (Wildman–Crippen LogP) is 5.11. The molecule has 1 heterocycles. The van der Waals surface area contributed by atoms with Crippen molar-refractivity contribution in [2.45, 2.75) is 70.2 Å². The Labute approximate surface area is 164 Å². The summed E-state index contributed by atoms with van der Waals surface area (Å²) < 4.78 is 0. The van der Waals surface area contributed by atoms with Crippen LogP contribution in [0.15, 0.2) is 42.3 Å². The van der Waals surface area contributed by atoms with E-state index in [0.717, 1.165) is 38.5 Å². The molecule has 0 aromatic carbocycles. The Morgan fingerprint density at radius 1 is 1.15 bits per heavy atom. The maximum absolute atomic E-state index is 10.2. The summed E-state index contributed by atoms with van der Waals surface area (Å²) in [6.45, 7) is 4.86. The number of aromatic nitrogens is 1. The zero-order valence-corrected chi connectivity index (χ0v) is 16.6. The number of hydrogen-bond acceptors (Lipinski definition) is 2. The number of pyridine rings is 1. The maximum Gasteiger partial charge on any atom is 0.0766 e. The van der Waals surface area contributed by atoms with E-state index in [1.165, 1.54) is 23.1 Å². The van der Waals surface area contributed by atoms with E-state index < -0.39 is 0 Å². The average molecular weight is 359 g/mol. The van der Waals surface area contributed by atoms with Gasteiger partial charge in [0.15, 0.2) is 0 Å². The molecule has 0 saturated heterocycles. The molecule has 1 N–H and O–H groups in total. The summed E-state index contributed by atoms with van der Waals surface area (Å²) in [7, 11) is 7.34. The quantitative estimate of drug-likeness (QED) is 0.558. The Kier molecular flexibility index (Phi) is 3.83. The van der Waals surface area contributed by atoms with Crippen LogP contribution in [0.3, 0.4) is 0 Å². The van der Waals surface area contributed by atoms with Gasteiger partial charge in [-0.15, -0.1) is 0 Å². The van der Waals surface area contributed by atoms with Gasteiger partial charge in [-0.25, -0.2) is 0 Å². The fourth-order valence-electron chi connectivity index (χ4n) is 7.23. The van der Waals surface area contributed by atoms with Crippen LogP contribution in [-0.4, -0.2) is 24.0 Å². The van der Waals surface area contributed by atoms with E-state index >= 15 is 0 Å². The van der Waals surface area contributed by atoms with E-state index in [-0.39, 0.29) is 22.2 Å². The van der Waals surface area contributed by atoms with Gasteiger partial charge >= 0.3 is 0 Å². The van der Waals surface area contributed by atoms with Gasteiger partial charge in [0.25, 0.3) is 0 Å². The molecule has 1 unspecified atom stereocenters. The lowest BCUT2D eigenvalue weighted by Gasteiger charge is -2.62. The topological polar surface area (TPSA) is 33.1 Å². The van der Waals surface area contributed by atoms with Gasteiger partial charge in [0.1, 0.15) is 0 Å². The third kappa shape index (κ3) is 2.27. The molecule has 0 bridgehead atoms. The first-order valence-electron chi connectivity index (χ1n) is 10.7. The van der Waals surface area contributed by atoms with Crippen LogP contribution in [0.25, 0.3) is 5.57 Å². The molecular formula is C24H30BNO. The van der Waals surface area contributed by atoms with E-state index in [0.29, 0.717) is 11.8 Å². The molecule has 0 spiro atoms. The predicted molar refractivity (Wildman–Crippen MR) is 110 cm³/mol. The molecule has 0 amide bonds. The Bertz CT molecular complexity index is 817. The molecule has 2 fully saturated rings. The molecule has 1 aromatic heterocycles. The number of allylic oxidation sites excluding steroid dienone is 3. The first-order chi connectivity index (χ1) is 12.9. The van der Waals surface area contributed by atoms with Gasteiger partial charge < -0.3 is 5.11 Å². The van der Waals surface area contributed by atoms with E-state index in [2.05, 4.69) is 37.0 Å². The number of nitrogens with zero attached hydrogens (tertiary/aromatic N) is 1. The van der Waals surface area contributed by atoms with Crippen molar-refractivity contribution < 1.29 is 5.11 Å². The van der Waals surface area contributed by atoms with E-state index in [9.17, 15) is 5.11 Å². The van der Waals surface area contributed by atoms with Gasteiger partial charge in [0.2, 0.25) is 0 Å². The highest BCUT2D eigenvalue weighted by molar-refractivity contribution is 6.18. The lowest BCUT2D eigenvalue weighted by atomic mass is 9.36. The normalized spacial score (nSPS) is 46.0. The highest BCUT2D eigenvalue weighted by atomic mass is 16.3. The summed E-state index contributed by atoms with van der Waals surface area (Å²) in [5, 5.41) is 10.0. The van der Waals surface area contributed by atoms with Crippen molar-refractivity contribution in [2.75, 3.05) is 0 Å². The minimum absolute atomic E-state index is 0.0209. The van der Waals surface area contributed by atoms with Crippen LogP contribution >= 0.6 is 0 Å². The van der Waals surface area contributed by atoms with E-state index in [1.54, 1.807) is 0 Å². The van der Waals surface area contributed by atoms with Crippen molar-refractivity contribution in [3.8, 4) is 0 Å². The Balaban J connectivity index is 1.53. The molecule has 1 aromatic rings. The standard InChI is InChI=1S/C24H30BNO/c1-22-10-7-18(27)14-17(22)5-6-21-20(22)8-11-23(2)19(9-12-24(21,23)25)16-4-3-13-26-15-16/h3-5,9,13,15,18,20-21,27H,6-8,10-12,14H2,1-2H3/t18-,20-,21+,22-,23+,24?/m0/s1. The number of aliphatic hydroxyl groups is 1. The highest BCUT2D eigenvalue weighted by Crippen LogP contribution is 2.74. The van der Waals surface area contributed by atoms with Crippen LogP contribution < -0.4 is 0 Å².